The van der Waals surface area contributed by atoms with Crippen LogP contribution in [-0.2, 0) is 9.53 Å². The Bertz CT molecular complexity index is 1370. The van der Waals surface area contributed by atoms with E-state index < -0.39 is 12.0 Å². The lowest BCUT2D eigenvalue weighted by molar-refractivity contribution is -0.119. The molecule has 2 heterocycles. The van der Waals surface area contributed by atoms with Crippen molar-refractivity contribution in [2.75, 3.05) is 25.6 Å². The van der Waals surface area contributed by atoms with Gasteiger partial charge in [0.2, 0.25) is 5.91 Å². The maximum Gasteiger partial charge on any atom is 0.254 e. The summed E-state index contributed by atoms with van der Waals surface area (Å²) >= 11 is 6.15. The summed E-state index contributed by atoms with van der Waals surface area (Å²) in [7, 11) is 1.60. The minimum absolute atomic E-state index is 0.116. The average Bonchev–Trinajstić information content (AvgIpc) is 3.27. The van der Waals surface area contributed by atoms with Crippen molar-refractivity contribution in [1.29, 1.82) is 0 Å². The topological polar surface area (TPSA) is 74.4 Å². The molecule has 7 heteroatoms. The Morgan fingerprint density at radius 2 is 1.85 bits per heavy atom. The maximum absolute atomic E-state index is 13.9. The van der Waals surface area contributed by atoms with Crippen molar-refractivity contribution in [3.05, 3.63) is 101 Å². The molecule has 0 saturated heterocycles. The van der Waals surface area contributed by atoms with Crippen LogP contribution < -0.4 is 5.32 Å². The van der Waals surface area contributed by atoms with Gasteiger partial charge in [-0.2, -0.15) is 0 Å². The highest BCUT2D eigenvalue weighted by Crippen LogP contribution is 2.45. The van der Waals surface area contributed by atoms with Crippen molar-refractivity contribution in [3.8, 4) is 0 Å². The van der Waals surface area contributed by atoms with Gasteiger partial charge < -0.3 is 19.9 Å². The van der Waals surface area contributed by atoms with Crippen molar-refractivity contribution >= 4 is 40.0 Å². The molecule has 1 aliphatic rings. The van der Waals surface area contributed by atoms with Crippen molar-refractivity contribution in [1.82, 2.24) is 9.88 Å². The van der Waals surface area contributed by atoms with E-state index in [4.69, 9.17) is 16.3 Å². The molecular formula is C27H24ClN3O3. The summed E-state index contributed by atoms with van der Waals surface area (Å²) in [4.78, 5) is 32.6. The Balaban J connectivity index is 1.67. The molecule has 0 fully saturated rings. The summed E-state index contributed by atoms with van der Waals surface area (Å²) in [5.74, 6) is -0.960. The molecule has 0 spiro atoms. The highest BCUT2D eigenvalue weighted by Gasteiger charge is 2.44. The number of methoxy groups -OCH3 is 1. The summed E-state index contributed by atoms with van der Waals surface area (Å²) < 4.78 is 5.32. The first-order valence-electron chi connectivity index (χ1n) is 11.1. The average molecular weight is 474 g/mol. The van der Waals surface area contributed by atoms with Crippen molar-refractivity contribution in [3.63, 3.8) is 0 Å². The number of carbonyl (C=O) groups is 2. The van der Waals surface area contributed by atoms with Crippen molar-refractivity contribution in [2.24, 2.45) is 0 Å². The number of carbonyl (C=O) groups excluding carboxylic acids is 2. The Morgan fingerprint density at radius 1 is 1.06 bits per heavy atom. The van der Waals surface area contributed by atoms with Crippen LogP contribution in [0.4, 0.5) is 5.69 Å². The number of ether oxygens (including phenoxy) is 1. The van der Waals surface area contributed by atoms with Gasteiger partial charge in [-0.1, -0.05) is 54.1 Å². The maximum atomic E-state index is 13.9. The van der Waals surface area contributed by atoms with Gasteiger partial charge in [0.05, 0.1) is 18.6 Å². The lowest BCUT2D eigenvalue weighted by Crippen LogP contribution is -2.47. The van der Waals surface area contributed by atoms with Gasteiger partial charge in [0.1, 0.15) is 0 Å². The molecular weight excluding hydrogens is 450 g/mol. The number of aromatic amines is 1. The summed E-state index contributed by atoms with van der Waals surface area (Å²) in [6.07, 6.45) is 1.90. The summed E-state index contributed by atoms with van der Waals surface area (Å²) in [6, 6.07) is 21.8. The second kappa shape index (κ2) is 9.33. The van der Waals surface area contributed by atoms with Crippen molar-refractivity contribution in [2.45, 2.75) is 12.0 Å². The van der Waals surface area contributed by atoms with Gasteiger partial charge in [0.15, 0.2) is 0 Å². The van der Waals surface area contributed by atoms with Gasteiger partial charge in [-0.05, 0) is 35.9 Å². The molecule has 0 radical (unpaired) electrons. The monoisotopic (exact) mass is 473 g/mol. The third-order valence-corrected chi connectivity index (χ3v) is 6.52. The van der Waals surface area contributed by atoms with Gasteiger partial charge in [-0.15, -0.1) is 0 Å². The fourth-order valence-electron chi connectivity index (χ4n) is 4.78. The summed E-state index contributed by atoms with van der Waals surface area (Å²) in [5.41, 5.74) is 3.68. The SMILES string of the molecule is COCCN1C(=O)c2ccccc2C(C(=O)Nc2cccc(Cl)c2)C1c1c[nH]c2ccccc12. The van der Waals surface area contributed by atoms with Gasteiger partial charge in [-0.25, -0.2) is 0 Å². The van der Waals surface area contributed by atoms with Crippen LogP contribution in [0.3, 0.4) is 0 Å². The number of para-hydroxylation sites is 1. The molecule has 172 valence electrons. The molecule has 34 heavy (non-hydrogen) atoms. The van der Waals surface area contributed by atoms with Crippen LogP contribution in [-0.4, -0.2) is 42.0 Å². The smallest absolute Gasteiger partial charge is 0.254 e. The molecule has 5 rings (SSSR count). The number of amides is 2. The molecule has 0 bridgehead atoms. The van der Waals surface area contributed by atoms with Crippen LogP contribution in [0.2, 0.25) is 5.02 Å². The van der Waals surface area contributed by atoms with Gasteiger partial charge in [0, 0.05) is 52.6 Å². The standard InChI is InChI=1S/C27H24ClN3O3/c1-34-14-13-31-25(22-16-29-23-12-5-4-9-19(22)23)24(20-10-2-3-11-21(20)27(31)33)26(32)30-18-8-6-7-17(28)15-18/h2-12,15-16,24-25,29H,13-14H2,1H3,(H,30,32). The number of fused-ring (bicyclic) bond motifs is 2. The number of anilines is 1. The number of aromatic nitrogens is 1. The van der Waals surface area contributed by atoms with E-state index >= 15 is 0 Å². The van der Waals surface area contributed by atoms with Crippen LogP contribution in [0, 0.1) is 0 Å². The normalized spacial score (nSPS) is 17.6. The number of hydrogen-bond donors (Lipinski definition) is 2. The number of nitrogens with zero attached hydrogens (tertiary/aromatic N) is 1. The molecule has 0 saturated carbocycles. The molecule has 2 N–H and O–H groups in total. The largest absolute Gasteiger partial charge is 0.383 e. The van der Waals surface area contributed by atoms with E-state index in [0.717, 1.165) is 16.5 Å². The van der Waals surface area contributed by atoms with E-state index in [1.54, 1.807) is 42.3 Å². The van der Waals surface area contributed by atoms with Gasteiger partial charge in [-0.3, -0.25) is 9.59 Å². The van der Waals surface area contributed by atoms with E-state index in [0.29, 0.717) is 35.0 Å². The number of hydrogen-bond acceptors (Lipinski definition) is 3. The van der Waals surface area contributed by atoms with E-state index in [9.17, 15) is 9.59 Å². The Kier molecular flexibility index (Phi) is 6.09. The second-order valence-electron chi connectivity index (χ2n) is 8.29. The minimum Gasteiger partial charge on any atom is -0.383 e. The summed E-state index contributed by atoms with van der Waals surface area (Å²) in [5, 5.41) is 4.53. The zero-order valence-corrected chi connectivity index (χ0v) is 19.4. The zero-order chi connectivity index (χ0) is 23.7. The lowest BCUT2D eigenvalue weighted by Gasteiger charge is -2.41. The van der Waals surface area contributed by atoms with Crippen molar-refractivity contribution < 1.29 is 14.3 Å². The number of rotatable bonds is 6. The van der Waals surface area contributed by atoms with Crippen LogP contribution >= 0.6 is 11.6 Å². The van der Waals surface area contributed by atoms with E-state index in [2.05, 4.69) is 10.3 Å². The predicted octanol–water partition coefficient (Wildman–Crippen LogP) is 5.39. The Labute approximate surface area is 202 Å². The lowest BCUT2D eigenvalue weighted by atomic mass is 9.79. The number of benzene rings is 3. The van der Waals surface area contributed by atoms with Crippen LogP contribution in [0.15, 0.2) is 79.0 Å². The van der Waals surface area contributed by atoms with E-state index in [1.165, 1.54) is 0 Å². The highest BCUT2D eigenvalue weighted by atomic mass is 35.5. The van der Waals surface area contributed by atoms with Gasteiger partial charge >= 0.3 is 0 Å². The van der Waals surface area contributed by atoms with E-state index in [1.807, 2.05) is 48.7 Å². The first-order chi connectivity index (χ1) is 16.6. The molecule has 2 amide bonds. The molecule has 4 aromatic rings. The predicted molar refractivity (Wildman–Crippen MR) is 133 cm³/mol. The summed E-state index contributed by atoms with van der Waals surface area (Å²) in [6.45, 7) is 0.712. The number of halogens is 1. The highest BCUT2D eigenvalue weighted by molar-refractivity contribution is 6.30. The Hall–Kier alpha value is -3.61. The number of H-pyrrole nitrogens is 1. The number of nitrogens with one attached hydrogen (secondary N) is 2. The molecule has 1 aromatic heterocycles. The van der Waals surface area contributed by atoms with E-state index in [-0.39, 0.29) is 11.8 Å². The first-order valence-corrected chi connectivity index (χ1v) is 11.5. The zero-order valence-electron chi connectivity index (χ0n) is 18.6. The molecule has 2 unspecified atom stereocenters. The van der Waals surface area contributed by atoms with Crippen LogP contribution in [0.5, 0.6) is 0 Å². The molecule has 2 atom stereocenters. The second-order valence-corrected chi connectivity index (χ2v) is 8.73. The Morgan fingerprint density at radius 3 is 2.68 bits per heavy atom. The quantitative estimate of drug-likeness (QED) is 0.394. The molecule has 0 aliphatic carbocycles. The fourth-order valence-corrected chi connectivity index (χ4v) is 4.97. The third-order valence-electron chi connectivity index (χ3n) is 6.29. The molecule has 6 nitrogen and oxygen atoms in total. The molecule has 3 aromatic carbocycles. The van der Waals surface area contributed by atoms with Gasteiger partial charge in [0.25, 0.3) is 5.91 Å². The van der Waals surface area contributed by atoms with Crippen LogP contribution in [0.1, 0.15) is 33.4 Å². The third kappa shape index (κ3) is 3.95. The molecule has 1 aliphatic heterocycles. The van der Waals surface area contributed by atoms with Crippen LogP contribution in [0.25, 0.3) is 10.9 Å². The first kappa shape index (κ1) is 22.2. The minimum atomic E-state index is -0.635. The fraction of sp³-hybridized carbons (Fsp3) is 0.185.